The van der Waals surface area contributed by atoms with Crippen LogP contribution in [-0.4, -0.2) is 16.4 Å². The largest absolute Gasteiger partial charge is 0.396 e. The smallest absolute Gasteiger partial charge is 0.0730 e. The molecule has 1 heterocycles. The van der Waals surface area contributed by atoms with Crippen LogP contribution in [0.25, 0.3) is 0 Å². The van der Waals surface area contributed by atoms with E-state index in [1.807, 2.05) is 29.8 Å². The molecule has 96 valence electrons. The summed E-state index contributed by atoms with van der Waals surface area (Å²) < 4.78 is 7.53. The lowest BCUT2D eigenvalue weighted by atomic mass is 10.2. The lowest BCUT2D eigenvalue weighted by Gasteiger charge is -2.06. The van der Waals surface area contributed by atoms with Crippen molar-refractivity contribution in [1.82, 2.24) is 9.78 Å². The minimum Gasteiger partial charge on any atom is -0.396 e. The Hall–Kier alpha value is -1.81. The highest BCUT2D eigenvalue weighted by atomic mass is 16.5. The molecule has 0 amide bonds. The van der Waals surface area contributed by atoms with Crippen molar-refractivity contribution in [3.05, 3.63) is 47.8 Å². The number of nitrogens with zero attached hydrogens (tertiary/aromatic N) is 2. The Morgan fingerprint density at radius 1 is 1.28 bits per heavy atom. The SMILES string of the molecule is Cc1c(N)cnn1CCCOCc1ccccc1. The van der Waals surface area contributed by atoms with Gasteiger partial charge in [-0.25, -0.2) is 0 Å². The Labute approximate surface area is 107 Å². The van der Waals surface area contributed by atoms with Gasteiger partial charge >= 0.3 is 0 Å². The van der Waals surface area contributed by atoms with Crippen LogP contribution in [-0.2, 0) is 17.9 Å². The fourth-order valence-corrected chi connectivity index (χ4v) is 1.77. The Morgan fingerprint density at radius 2 is 2.06 bits per heavy atom. The van der Waals surface area contributed by atoms with Crippen molar-refractivity contribution in [2.45, 2.75) is 26.5 Å². The van der Waals surface area contributed by atoms with Gasteiger partial charge in [0.05, 0.1) is 24.2 Å². The van der Waals surface area contributed by atoms with Crippen LogP contribution in [0.1, 0.15) is 17.7 Å². The van der Waals surface area contributed by atoms with Gasteiger partial charge in [0, 0.05) is 13.2 Å². The Balaban J connectivity index is 1.66. The first kappa shape index (κ1) is 12.6. The van der Waals surface area contributed by atoms with Crippen LogP contribution in [0.2, 0.25) is 0 Å². The number of rotatable bonds is 6. The molecule has 4 heteroatoms. The average Bonchev–Trinajstić information content (AvgIpc) is 2.71. The molecule has 0 fully saturated rings. The molecule has 2 rings (SSSR count). The molecule has 2 N–H and O–H groups in total. The zero-order valence-electron chi connectivity index (χ0n) is 10.7. The van der Waals surface area contributed by atoms with Crippen LogP contribution >= 0.6 is 0 Å². The molecule has 0 aliphatic carbocycles. The Morgan fingerprint density at radius 3 is 2.72 bits per heavy atom. The molecule has 4 nitrogen and oxygen atoms in total. The number of aromatic nitrogens is 2. The van der Waals surface area contributed by atoms with E-state index in [1.54, 1.807) is 6.20 Å². The van der Waals surface area contributed by atoms with Crippen LogP contribution < -0.4 is 5.73 Å². The lowest BCUT2D eigenvalue weighted by Crippen LogP contribution is -2.06. The first-order valence-electron chi connectivity index (χ1n) is 6.17. The van der Waals surface area contributed by atoms with Gasteiger partial charge in [-0.15, -0.1) is 0 Å². The van der Waals surface area contributed by atoms with E-state index in [9.17, 15) is 0 Å². The average molecular weight is 245 g/mol. The van der Waals surface area contributed by atoms with Crippen molar-refractivity contribution in [2.24, 2.45) is 0 Å². The summed E-state index contributed by atoms with van der Waals surface area (Å²) in [6.07, 6.45) is 2.63. The number of nitrogens with two attached hydrogens (primary N) is 1. The summed E-state index contributed by atoms with van der Waals surface area (Å²) >= 11 is 0. The van der Waals surface area contributed by atoms with Crippen LogP contribution in [0, 0.1) is 6.92 Å². The predicted octanol–water partition coefficient (Wildman–Crippen LogP) is 2.38. The quantitative estimate of drug-likeness (QED) is 0.795. The monoisotopic (exact) mass is 245 g/mol. The van der Waals surface area contributed by atoms with Gasteiger partial charge in [0.1, 0.15) is 0 Å². The van der Waals surface area contributed by atoms with Crippen LogP contribution in [0.5, 0.6) is 0 Å². The molecule has 2 aromatic rings. The lowest BCUT2D eigenvalue weighted by molar-refractivity contribution is 0.115. The third kappa shape index (κ3) is 3.34. The van der Waals surface area contributed by atoms with Gasteiger partial charge in [-0.05, 0) is 18.9 Å². The molecule has 0 atom stereocenters. The number of benzene rings is 1. The highest BCUT2D eigenvalue weighted by molar-refractivity contribution is 5.39. The summed E-state index contributed by atoms with van der Waals surface area (Å²) in [5.74, 6) is 0. The normalized spacial score (nSPS) is 10.7. The van der Waals surface area contributed by atoms with Gasteiger partial charge in [0.2, 0.25) is 0 Å². The van der Waals surface area contributed by atoms with Crippen molar-refractivity contribution in [1.29, 1.82) is 0 Å². The fraction of sp³-hybridized carbons (Fsp3) is 0.357. The van der Waals surface area contributed by atoms with Gasteiger partial charge < -0.3 is 10.5 Å². The van der Waals surface area contributed by atoms with Crippen molar-refractivity contribution >= 4 is 5.69 Å². The van der Waals surface area contributed by atoms with E-state index in [0.29, 0.717) is 6.61 Å². The van der Waals surface area contributed by atoms with Gasteiger partial charge in [0.15, 0.2) is 0 Å². The van der Waals surface area contributed by atoms with E-state index < -0.39 is 0 Å². The van der Waals surface area contributed by atoms with Gasteiger partial charge in [-0.1, -0.05) is 30.3 Å². The standard InChI is InChI=1S/C14H19N3O/c1-12-14(15)10-16-17(12)8-5-9-18-11-13-6-3-2-4-7-13/h2-4,6-7,10H,5,8-9,11,15H2,1H3. The number of aryl methyl sites for hydroxylation is 1. The maximum Gasteiger partial charge on any atom is 0.0730 e. The second-order valence-corrected chi connectivity index (χ2v) is 4.30. The van der Waals surface area contributed by atoms with Crippen LogP contribution in [0.3, 0.4) is 0 Å². The molecular formula is C14H19N3O. The minimum absolute atomic E-state index is 0.668. The van der Waals surface area contributed by atoms with Crippen molar-refractivity contribution in [2.75, 3.05) is 12.3 Å². The third-order valence-corrected chi connectivity index (χ3v) is 2.91. The summed E-state index contributed by atoms with van der Waals surface area (Å²) in [7, 11) is 0. The molecule has 0 saturated carbocycles. The molecule has 1 aromatic carbocycles. The first-order chi connectivity index (χ1) is 8.77. The topological polar surface area (TPSA) is 53.1 Å². The highest BCUT2D eigenvalue weighted by Crippen LogP contribution is 2.09. The molecule has 0 saturated heterocycles. The molecular weight excluding hydrogens is 226 g/mol. The maximum absolute atomic E-state index is 5.73. The second-order valence-electron chi connectivity index (χ2n) is 4.30. The first-order valence-corrected chi connectivity index (χ1v) is 6.17. The molecule has 0 aliphatic rings. The maximum atomic E-state index is 5.73. The van der Waals surface area contributed by atoms with E-state index in [4.69, 9.17) is 10.5 Å². The summed E-state index contributed by atoms with van der Waals surface area (Å²) in [5.41, 5.74) is 8.71. The van der Waals surface area contributed by atoms with E-state index in [-0.39, 0.29) is 0 Å². The van der Waals surface area contributed by atoms with Crippen molar-refractivity contribution in [3.8, 4) is 0 Å². The van der Waals surface area contributed by atoms with Gasteiger partial charge in [-0.2, -0.15) is 5.10 Å². The number of hydrogen-bond acceptors (Lipinski definition) is 3. The predicted molar refractivity (Wildman–Crippen MR) is 72.1 cm³/mol. The van der Waals surface area contributed by atoms with E-state index in [0.717, 1.165) is 31.0 Å². The second kappa shape index (κ2) is 6.21. The number of nitrogen functional groups attached to an aromatic ring is 1. The van der Waals surface area contributed by atoms with Gasteiger partial charge in [-0.3, -0.25) is 4.68 Å². The molecule has 0 aliphatic heterocycles. The molecule has 0 bridgehead atoms. The summed E-state index contributed by atoms with van der Waals surface area (Å²) in [6, 6.07) is 10.2. The molecule has 0 unspecified atom stereocenters. The number of ether oxygens (including phenoxy) is 1. The molecule has 0 radical (unpaired) electrons. The summed E-state index contributed by atoms with van der Waals surface area (Å²) in [5, 5.41) is 4.21. The number of anilines is 1. The van der Waals surface area contributed by atoms with E-state index in [1.165, 1.54) is 5.56 Å². The zero-order chi connectivity index (χ0) is 12.8. The molecule has 18 heavy (non-hydrogen) atoms. The van der Waals surface area contributed by atoms with E-state index in [2.05, 4.69) is 17.2 Å². The summed E-state index contributed by atoms with van der Waals surface area (Å²) in [6.45, 7) is 4.22. The third-order valence-electron chi connectivity index (χ3n) is 2.91. The molecule has 1 aromatic heterocycles. The summed E-state index contributed by atoms with van der Waals surface area (Å²) in [4.78, 5) is 0. The Kier molecular flexibility index (Phi) is 4.36. The van der Waals surface area contributed by atoms with Gasteiger partial charge in [0.25, 0.3) is 0 Å². The van der Waals surface area contributed by atoms with E-state index >= 15 is 0 Å². The van der Waals surface area contributed by atoms with Crippen molar-refractivity contribution < 1.29 is 4.74 Å². The number of hydrogen-bond donors (Lipinski definition) is 1. The van der Waals surface area contributed by atoms with Crippen LogP contribution in [0.4, 0.5) is 5.69 Å². The minimum atomic E-state index is 0.668. The highest BCUT2D eigenvalue weighted by Gasteiger charge is 2.01. The zero-order valence-corrected chi connectivity index (χ0v) is 10.7. The van der Waals surface area contributed by atoms with Crippen LogP contribution in [0.15, 0.2) is 36.5 Å². The Bertz CT molecular complexity index is 479. The fourth-order valence-electron chi connectivity index (χ4n) is 1.77. The molecule has 0 spiro atoms. The van der Waals surface area contributed by atoms with Crippen molar-refractivity contribution in [3.63, 3.8) is 0 Å².